The molecule has 11 heteroatoms. The molecule has 1 amide bonds. The lowest BCUT2D eigenvalue weighted by Crippen LogP contribution is -2.59. The lowest BCUT2D eigenvalue weighted by Gasteiger charge is -2.45. The number of unbranched alkanes of at least 4 members (excludes halogenated alkanes) is 10. The summed E-state index contributed by atoms with van der Waals surface area (Å²) in [7, 11) is 0. The van der Waals surface area contributed by atoms with Gasteiger partial charge in [-0.3, -0.25) is 28.9 Å². The predicted octanol–water partition coefficient (Wildman–Crippen LogP) is 4.19. The minimum Gasteiger partial charge on any atom is -0.465 e. The van der Waals surface area contributed by atoms with E-state index >= 15 is 0 Å². The van der Waals surface area contributed by atoms with Gasteiger partial charge in [-0.25, -0.2) is 0 Å². The second kappa shape index (κ2) is 23.8. The molecule has 0 spiro atoms. The third-order valence-corrected chi connectivity index (χ3v) is 7.25. The number of hydrogen-bond acceptors (Lipinski definition) is 10. The molecule has 1 aliphatic heterocycles. The molecule has 0 aromatic heterocycles. The fourth-order valence-corrected chi connectivity index (χ4v) is 4.67. The van der Waals surface area contributed by atoms with Gasteiger partial charge in [0.25, 0.3) is 0 Å². The number of nitrogens with zero attached hydrogens (tertiary/aromatic N) is 2. The van der Waals surface area contributed by atoms with Crippen LogP contribution in [0.3, 0.4) is 0 Å². The van der Waals surface area contributed by atoms with E-state index in [1.54, 1.807) is 6.92 Å². The molecule has 2 unspecified atom stereocenters. The third kappa shape index (κ3) is 17.3. The van der Waals surface area contributed by atoms with E-state index in [0.29, 0.717) is 26.0 Å². The highest BCUT2D eigenvalue weighted by Gasteiger charge is 2.39. The Morgan fingerprint density at radius 3 is 1.45 bits per heavy atom. The lowest BCUT2D eigenvalue weighted by molar-refractivity contribution is -0.159. The van der Waals surface area contributed by atoms with E-state index in [-0.39, 0.29) is 57.3 Å². The minimum absolute atomic E-state index is 0.0331. The molecule has 0 aromatic rings. The fraction of sp³-hybridized carbons (Fsp3) is 0.839. The van der Waals surface area contributed by atoms with E-state index in [9.17, 15) is 24.0 Å². The normalized spacial score (nSPS) is 16.0. The van der Waals surface area contributed by atoms with Gasteiger partial charge in [0, 0.05) is 6.42 Å². The summed E-state index contributed by atoms with van der Waals surface area (Å²) in [5.74, 6) is -2.01. The molecule has 1 rings (SSSR count). The molecule has 1 saturated heterocycles. The minimum atomic E-state index is -0.630. The summed E-state index contributed by atoms with van der Waals surface area (Å²) in [6, 6.07) is -0.573. The molecular formula is C31H54N2O9. The van der Waals surface area contributed by atoms with Crippen LogP contribution in [0.25, 0.3) is 0 Å². The van der Waals surface area contributed by atoms with Crippen molar-refractivity contribution >= 4 is 30.3 Å². The summed E-state index contributed by atoms with van der Waals surface area (Å²) in [5.41, 5.74) is 0. The molecule has 1 fully saturated rings. The van der Waals surface area contributed by atoms with E-state index < -0.39 is 17.9 Å². The van der Waals surface area contributed by atoms with Crippen LogP contribution in [0.4, 0.5) is 0 Å². The first-order chi connectivity index (χ1) is 20.3. The number of rotatable bonds is 26. The first-order valence-corrected chi connectivity index (χ1v) is 15.9. The van der Waals surface area contributed by atoms with E-state index in [1.807, 2.05) is 0 Å². The highest BCUT2D eigenvalue weighted by molar-refractivity contribution is 5.78. The van der Waals surface area contributed by atoms with Crippen LogP contribution in [-0.4, -0.2) is 98.2 Å². The SMILES string of the molecule is CCCCCCCCOC(=O)CN(CC(=O)OCCCCCCCC)CC(=O)OCC1CC(COC(=O)CC)N1C=O. The molecule has 2 atom stereocenters. The molecule has 1 heterocycles. The maximum absolute atomic E-state index is 12.6. The summed E-state index contributed by atoms with van der Waals surface area (Å²) >= 11 is 0. The van der Waals surface area contributed by atoms with Crippen molar-refractivity contribution < 1.29 is 42.9 Å². The number of esters is 4. The zero-order valence-electron chi connectivity index (χ0n) is 26.1. The van der Waals surface area contributed by atoms with Crippen molar-refractivity contribution in [2.75, 3.05) is 46.1 Å². The number of ether oxygens (including phenoxy) is 4. The van der Waals surface area contributed by atoms with E-state index in [1.165, 1.54) is 48.3 Å². The molecule has 1 aliphatic rings. The van der Waals surface area contributed by atoms with Crippen LogP contribution >= 0.6 is 0 Å². The zero-order valence-corrected chi connectivity index (χ0v) is 26.1. The number of hydrogen-bond donors (Lipinski definition) is 0. The first-order valence-electron chi connectivity index (χ1n) is 15.9. The maximum atomic E-state index is 12.6. The van der Waals surface area contributed by atoms with Crippen molar-refractivity contribution in [1.29, 1.82) is 0 Å². The lowest BCUT2D eigenvalue weighted by atomic mass is 9.95. The molecule has 0 bridgehead atoms. The molecule has 0 N–H and O–H groups in total. The average Bonchev–Trinajstić information content (AvgIpc) is 2.95. The molecule has 0 radical (unpaired) electrons. The van der Waals surface area contributed by atoms with Crippen LogP contribution in [0.15, 0.2) is 0 Å². The molecule has 0 aliphatic carbocycles. The Kier molecular flexibility index (Phi) is 21.2. The summed E-state index contributed by atoms with van der Waals surface area (Å²) in [4.78, 5) is 63.2. The van der Waals surface area contributed by atoms with Gasteiger partial charge in [-0.2, -0.15) is 0 Å². The Hall–Kier alpha value is -2.69. The van der Waals surface area contributed by atoms with Gasteiger partial charge in [0.2, 0.25) is 6.41 Å². The Morgan fingerprint density at radius 1 is 0.619 bits per heavy atom. The Balaban J connectivity index is 2.51. The van der Waals surface area contributed by atoms with Crippen molar-refractivity contribution in [3.8, 4) is 0 Å². The molecule has 42 heavy (non-hydrogen) atoms. The summed E-state index contributed by atoms with van der Waals surface area (Å²) < 4.78 is 21.1. The van der Waals surface area contributed by atoms with Crippen molar-refractivity contribution in [3.63, 3.8) is 0 Å². The molecule has 11 nitrogen and oxygen atoms in total. The van der Waals surface area contributed by atoms with Crippen LogP contribution in [0, 0.1) is 0 Å². The van der Waals surface area contributed by atoms with Gasteiger partial charge < -0.3 is 23.8 Å². The highest BCUT2D eigenvalue weighted by Crippen LogP contribution is 2.24. The van der Waals surface area contributed by atoms with Gasteiger partial charge in [-0.05, 0) is 19.3 Å². The van der Waals surface area contributed by atoms with Crippen LogP contribution in [-0.2, 0) is 42.9 Å². The quantitative estimate of drug-likeness (QED) is 0.0618. The summed E-state index contributed by atoms with van der Waals surface area (Å²) in [5, 5.41) is 0. The smallest absolute Gasteiger partial charge is 0.320 e. The average molecular weight is 599 g/mol. The van der Waals surface area contributed by atoms with E-state index in [4.69, 9.17) is 18.9 Å². The Bertz CT molecular complexity index is 760. The number of amides is 1. The van der Waals surface area contributed by atoms with Gasteiger partial charge in [-0.1, -0.05) is 85.0 Å². The standard InChI is InChI=1S/C31H54N2O9/c1-4-7-9-11-13-15-17-39-29(36)20-32(21-30(37)40-18-16-14-12-10-8-5-2)22-31(38)42-24-27-19-26(33(27)25-34)23-41-28(35)6-3/h25-27H,4-24H2,1-3H3. The van der Waals surface area contributed by atoms with Crippen LogP contribution in [0.2, 0.25) is 0 Å². The van der Waals surface area contributed by atoms with Gasteiger partial charge in [0.1, 0.15) is 13.2 Å². The van der Waals surface area contributed by atoms with Gasteiger partial charge in [-0.15, -0.1) is 0 Å². The molecular weight excluding hydrogens is 544 g/mol. The number of carbonyl (C=O) groups is 5. The van der Waals surface area contributed by atoms with Gasteiger partial charge in [0.15, 0.2) is 0 Å². The van der Waals surface area contributed by atoms with Crippen LogP contribution in [0.1, 0.15) is 111 Å². The molecule has 0 saturated carbocycles. The largest absolute Gasteiger partial charge is 0.465 e. The second-order valence-corrected chi connectivity index (χ2v) is 10.9. The Labute approximate surface area is 251 Å². The highest BCUT2D eigenvalue weighted by atomic mass is 16.5. The number of carbonyl (C=O) groups excluding carboxylic acids is 5. The molecule has 0 aromatic carbocycles. The van der Waals surface area contributed by atoms with Crippen molar-refractivity contribution in [2.45, 2.75) is 123 Å². The van der Waals surface area contributed by atoms with Crippen molar-refractivity contribution in [1.82, 2.24) is 9.80 Å². The van der Waals surface area contributed by atoms with Crippen LogP contribution < -0.4 is 0 Å². The van der Waals surface area contributed by atoms with E-state index in [2.05, 4.69) is 13.8 Å². The predicted molar refractivity (Wildman–Crippen MR) is 157 cm³/mol. The Morgan fingerprint density at radius 2 is 1.02 bits per heavy atom. The van der Waals surface area contributed by atoms with Gasteiger partial charge in [0.05, 0.1) is 44.9 Å². The summed E-state index contributed by atoms with van der Waals surface area (Å²) in [6.45, 7) is 5.88. The maximum Gasteiger partial charge on any atom is 0.320 e. The molecule has 242 valence electrons. The topological polar surface area (TPSA) is 129 Å². The first kappa shape index (κ1) is 37.3. The van der Waals surface area contributed by atoms with Crippen molar-refractivity contribution in [3.05, 3.63) is 0 Å². The van der Waals surface area contributed by atoms with E-state index in [0.717, 1.165) is 38.5 Å². The van der Waals surface area contributed by atoms with Crippen LogP contribution in [0.5, 0.6) is 0 Å². The fourth-order valence-electron chi connectivity index (χ4n) is 4.67. The third-order valence-electron chi connectivity index (χ3n) is 7.25. The van der Waals surface area contributed by atoms with Crippen molar-refractivity contribution in [2.24, 2.45) is 0 Å². The zero-order chi connectivity index (χ0) is 31.0. The second-order valence-electron chi connectivity index (χ2n) is 10.9. The monoisotopic (exact) mass is 598 g/mol. The number of likely N-dealkylation sites (tertiary alicyclic amines) is 1. The van der Waals surface area contributed by atoms with Gasteiger partial charge >= 0.3 is 23.9 Å². The summed E-state index contributed by atoms with van der Waals surface area (Å²) in [6.07, 6.45) is 14.2.